The second-order valence-electron chi connectivity index (χ2n) is 3.71. The van der Waals surface area contributed by atoms with Crippen LogP contribution >= 0.6 is 0 Å². The molecule has 0 amide bonds. The zero-order valence-corrected chi connectivity index (χ0v) is 7.82. The molecule has 0 bridgehead atoms. The van der Waals surface area contributed by atoms with Gasteiger partial charge in [-0.05, 0) is 0 Å². The van der Waals surface area contributed by atoms with Gasteiger partial charge in [0.2, 0.25) is 0 Å². The van der Waals surface area contributed by atoms with Gasteiger partial charge in [-0.25, -0.2) is 0 Å². The molecule has 12 heavy (non-hydrogen) atoms. The van der Waals surface area contributed by atoms with E-state index in [1.807, 2.05) is 26.0 Å². The number of hydrogen-bond acceptors (Lipinski definition) is 2. The van der Waals surface area contributed by atoms with Crippen molar-refractivity contribution >= 4 is 5.78 Å². The van der Waals surface area contributed by atoms with Crippen LogP contribution in [0.25, 0.3) is 0 Å². The standard InChI is InChI=1S/C10H16O2/c1-6-4-5-7(2)10(12)8(3)9(6)11/h4-9,11H,1-3H3/t6?,7-,8+,9-/m1/s1. The Hall–Kier alpha value is -0.630. The van der Waals surface area contributed by atoms with Crippen LogP contribution in [0.15, 0.2) is 12.2 Å². The molecule has 1 N–H and O–H groups in total. The molecule has 1 aliphatic carbocycles. The fourth-order valence-electron chi connectivity index (χ4n) is 1.59. The van der Waals surface area contributed by atoms with Gasteiger partial charge in [-0.3, -0.25) is 4.79 Å². The van der Waals surface area contributed by atoms with Crippen molar-refractivity contribution in [2.24, 2.45) is 17.8 Å². The lowest BCUT2D eigenvalue weighted by Gasteiger charge is -2.19. The quantitative estimate of drug-likeness (QED) is 0.555. The molecule has 0 saturated carbocycles. The van der Waals surface area contributed by atoms with Crippen LogP contribution in [0, 0.1) is 17.8 Å². The van der Waals surface area contributed by atoms with E-state index < -0.39 is 6.10 Å². The van der Waals surface area contributed by atoms with Crippen LogP contribution in [0.5, 0.6) is 0 Å². The Labute approximate surface area is 73.3 Å². The van der Waals surface area contributed by atoms with Crippen molar-refractivity contribution in [1.82, 2.24) is 0 Å². The normalized spacial score (nSPS) is 42.8. The molecule has 1 rings (SSSR count). The second-order valence-corrected chi connectivity index (χ2v) is 3.71. The average Bonchev–Trinajstić information content (AvgIpc) is 2.14. The summed E-state index contributed by atoms with van der Waals surface area (Å²) in [5, 5.41) is 9.64. The summed E-state index contributed by atoms with van der Waals surface area (Å²) in [5.74, 6) is -0.0402. The third-order valence-corrected chi connectivity index (χ3v) is 2.65. The predicted molar refractivity (Wildman–Crippen MR) is 47.6 cm³/mol. The number of allylic oxidation sites excluding steroid dienone is 1. The van der Waals surface area contributed by atoms with Crippen molar-refractivity contribution in [2.45, 2.75) is 26.9 Å². The molecule has 2 heteroatoms. The Kier molecular flexibility index (Phi) is 2.68. The molecular weight excluding hydrogens is 152 g/mol. The monoisotopic (exact) mass is 168 g/mol. The van der Waals surface area contributed by atoms with Crippen molar-refractivity contribution in [3.8, 4) is 0 Å². The van der Waals surface area contributed by atoms with E-state index in [-0.39, 0.29) is 23.5 Å². The van der Waals surface area contributed by atoms with Crippen LogP contribution in [-0.2, 0) is 4.79 Å². The Balaban J connectivity index is 2.86. The maximum atomic E-state index is 11.5. The molecule has 0 heterocycles. The molecule has 0 spiro atoms. The summed E-state index contributed by atoms with van der Waals surface area (Å²) in [4.78, 5) is 11.5. The van der Waals surface area contributed by atoms with Crippen molar-refractivity contribution < 1.29 is 9.90 Å². The van der Waals surface area contributed by atoms with Gasteiger partial charge in [-0.2, -0.15) is 0 Å². The highest BCUT2D eigenvalue weighted by Gasteiger charge is 2.30. The van der Waals surface area contributed by atoms with Gasteiger partial charge in [0.05, 0.1) is 6.10 Å². The van der Waals surface area contributed by atoms with Gasteiger partial charge in [-0.1, -0.05) is 32.9 Å². The number of carbonyl (C=O) groups is 1. The van der Waals surface area contributed by atoms with E-state index in [0.717, 1.165) is 0 Å². The van der Waals surface area contributed by atoms with Crippen LogP contribution in [0.2, 0.25) is 0 Å². The molecule has 0 aliphatic heterocycles. The average molecular weight is 168 g/mol. The van der Waals surface area contributed by atoms with Gasteiger partial charge in [0.25, 0.3) is 0 Å². The summed E-state index contributed by atoms with van der Waals surface area (Å²) in [5.41, 5.74) is 0. The van der Waals surface area contributed by atoms with Gasteiger partial charge in [0.1, 0.15) is 5.78 Å². The number of carbonyl (C=O) groups excluding carboxylic acids is 1. The highest BCUT2D eigenvalue weighted by Crippen LogP contribution is 2.23. The first-order chi connectivity index (χ1) is 5.54. The van der Waals surface area contributed by atoms with E-state index in [9.17, 15) is 9.90 Å². The van der Waals surface area contributed by atoms with Gasteiger partial charge in [0.15, 0.2) is 0 Å². The van der Waals surface area contributed by atoms with E-state index >= 15 is 0 Å². The number of Topliss-reactive ketones (excluding diaryl/α,β-unsaturated/α-hetero) is 1. The molecule has 68 valence electrons. The number of ketones is 1. The number of rotatable bonds is 0. The first kappa shape index (κ1) is 9.46. The van der Waals surface area contributed by atoms with Crippen LogP contribution < -0.4 is 0 Å². The fraction of sp³-hybridized carbons (Fsp3) is 0.700. The van der Waals surface area contributed by atoms with Crippen LogP contribution in [0.1, 0.15) is 20.8 Å². The lowest BCUT2D eigenvalue weighted by molar-refractivity contribution is -0.128. The van der Waals surface area contributed by atoms with Crippen LogP contribution in [0.3, 0.4) is 0 Å². The highest BCUT2D eigenvalue weighted by atomic mass is 16.3. The molecule has 4 atom stereocenters. The molecular formula is C10H16O2. The van der Waals surface area contributed by atoms with E-state index in [1.54, 1.807) is 6.92 Å². The molecule has 0 fully saturated rings. The smallest absolute Gasteiger partial charge is 0.144 e. The predicted octanol–water partition coefficient (Wildman–Crippen LogP) is 1.39. The number of aliphatic hydroxyl groups excluding tert-OH is 1. The highest BCUT2D eigenvalue weighted by molar-refractivity contribution is 5.85. The number of aliphatic hydroxyl groups is 1. The third kappa shape index (κ3) is 1.58. The Bertz CT molecular complexity index is 208. The van der Waals surface area contributed by atoms with Gasteiger partial charge < -0.3 is 5.11 Å². The second kappa shape index (κ2) is 3.40. The SMILES string of the molecule is CC1C=C[C@@H](C)C(=O)[C@@H](C)[C@@H]1O. The van der Waals surface area contributed by atoms with Gasteiger partial charge in [-0.15, -0.1) is 0 Å². The number of hydrogen-bond donors (Lipinski definition) is 1. The summed E-state index contributed by atoms with van der Waals surface area (Å²) in [6.07, 6.45) is 3.30. The van der Waals surface area contributed by atoms with Gasteiger partial charge in [0, 0.05) is 17.8 Å². The van der Waals surface area contributed by atoms with Crippen molar-refractivity contribution in [1.29, 1.82) is 0 Å². The van der Waals surface area contributed by atoms with Gasteiger partial charge >= 0.3 is 0 Å². The topological polar surface area (TPSA) is 37.3 Å². The summed E-state index contributed by atoms with van der Waals surface area (Å²) in [7, 11) is 0. The zero-order valence-electron chi connectivity index (χ0n) is 7.82. The molecule has 1 unspecified atom stereocenters. The first-order valence-electron chi connectivity index (χ1n) is 4.44. The summed E-state index contributed by atoms with van der Waals surface area (Å²) < 4.78 is 0. The lowest BCUT2D eigenvalue weighted by Crippen LogP contribution is -2.30. The Morgan fingerprint density at radius 1 is 1.25 bits per heavy atom. The van der Waals surface area contributed by atoms with E-state index in [4.69, 9.17) is 0 Å². The summed E-state index contributed by atoms with van der Waals surface area (Å²) in [6.45, 7) is 5.61. The largest absolute Gasteiger partial charge is 0.392 e. The summed E-state index contributed by atoms with van der Waals surface area (Å²) >= 11 is 0. The minimum Gasteiger partial charge on any atom is -0.392 e. The third-order valence-electron chi connectivity index (χ3n) is 2.65. The zero-order chi connectivity index (χ0) is 9.30. The van der Waals surface area contributed by atoms with Crippen molar-refractivity contribution in [2.75, 3.05) is 0 Å². The molecule has 0 aromatic heterocycles. The summed E-state index contributed by atoms with van der Waals surface area (Å²) in [6, 6.07) is 0. The van der Waals surface area contributed by atoms with Crippen LogP contribution in [0.4, 0.5) is 0 Å². The van der Waals surface area contributed by atoms with Crippen LogP contribution in [-0.4, -0.2) is 17.0 Å². The maximum Gasteiger partial charge on any atom is 0.144 e. The van der Waals surface area contributed by atoms with Crippen molar-refractivity contribution in [3.63, 3.8) is 0 Å². The molecule has 1 aliphatic rings. The van der Waals surface area contributed by atoms with E-state index in [2.05, 4.69) is 0 Å². The minimum atomic E-state index is -0.515. The molecule has 0 radical (unpaired) electrons. The Morgan fingerprint density at radius 2 is 1.83 bits per heavy atom. The minimum absolute atomic E-state index is 0.0420. The molecule has 0 aromatic rings. The molecule has 0 saturated heterocycles. The van der Waals surface area contributed by atoms with Crippen molar-refractivity contribution in [3.05, 3.63) is 12.2 Å². The molecule has 0 aromatic carbocycles. The first-order valence-corrected chi connectivity index (χ1v) is 4.44. The van der Waals surface area contributed by atoms with E-state index in [0.29, 0.717) is 0 Å². The van der Waals surface area contributed by atoms with E-state index in [1.165, 1.54) is 0 Å². The fourth-order valence-corrected chi connectivity index (χ4v) is 1.59. The Morgan fingerprint density at radius 3 is 2.42 bits per heavy atom. The maximum absolute atomic E-state index is 11.5. The lowest BCUT2D eigenvalue weighted by atomic mass is 9.90. The molecule has 2 nitrogen and oxygen atoms in total.